The molecule has 338 valence electrons. The van der Waals surface area contributed by atoms with Gasteiger partial charge in [0.05, 0.1) is 63.0 Å². The van der Waals surface area contributed by atoms with E-state index in [2.05, 4.69) is 38.2 Å². The Balaban J connectivity index is 0.927. The summed E-state index contributed by atoms with van der Waals surface area (Å²) >= 11 is 0. The number of aliphatic imine (C=N–C) groups is 2. The highest BCUT2D eigenvalue weighted by Crippen LogP contribution is 2.42. The first kappa shape index (κ1) is 43.9. The Morgan fingerprint density at radius 1 is 0.561 bits per heavy atom. The number of nitrogens with zero attached hydrogens (tertiary/aromatic N) is 4. The zero-order chi connectivity index (χ0) is 46.1. The second kappa shape index (κ2) is 18.2. The maximum Gasteiger partial charge on any atom is 0.260 e. The number of ether oxygens (including phenoxy) is 6. The molecule has 2 unspecified atom stereocenters. The highest BCUT2D eigenvalue weighted by Gasteiger charge is 2.35. The van der Waals surface area contributed by atoms with E-state index in [0.29, 0.717) is 64.9 Å². The molecule has 0 spiro atoms. The van der Waals surface area contributed by atoms with Crippen LogP contribution in [0.15, 0.2) is 113 Å². The molecule has 0 radical (unpaired) electrons. The van der Waals surface area contributed by atoms with E-state index < -0.39 is 0 Å². The summed E-state index contributed by atoms with van der Waals surface area (Å²) in [6.07, 6.45) is 8.75. The van der Waals surface area contributed by atoms with Gasteiger partial charge in [-0.05, 0) is 102 Å². The van der Waals surface area contributed by atoms with E-state index in [0.717, 1.165) is 50.5 Å². The Labute approximate surface area is 385 Å². The number of methoxy groups -OCH3 is 4. The molecule has 5 aromatic carbocycles. The Bertz CT molecular complexity index is 2630. The number of rotatable bonds is 14. The monoisotopic (exact) mass is 887 g/mol. The second-order valence-electron chi connectivity index (χ2n) is 17.7. The van der Waals surface area contributed by atoms with Crippen LogP contribution in [0.25, 0.3) is 11.1 Å². The number of carbonyl (C=O) groups excluding carboxylic acids is 2. The minimum absolute atomic E-state index is 0.117. The summed E-state index contributed by atoms with van der Waals surface area (Å²) in [4.78, 5) is 41.1. The molecular formula is C53H53N5O8. The summed E-state index contributed by atoms with van der Waals surface area (Å²) in [6.45, 7) is 7.40. The molecule has 2 amide bonds. The lowest BCUT2D eigenvalue weighted by Crippen LogP contribution is -2.35. The van der Waals surface area contributed by atoms with Crippen molar-refractivity contribution in [1.82, 2.24) is 15.1 Å². The fourth-order valence-corrected chi connectivity index (χ4v) is 8.55. The molecule has 0 fully saturated rings. The number of hydrogen-bond acceptors (Lipinski definition) is 11. The molecule has 0 saturated heterocycles. The molecule has 0 saturated carbocycles. The summed E-state index contributed by atoms with van der Waals surface area (Å²) in [5, 5.41) is 3.59. The molecule has 4 aliphatic heterocycles. The van der Waals surface area contributed by atoms with Crippen molar-refractivity contribution >= 4 is 46.8 Å². The molecule has 9 rings (SSSR count). The van der Waals surface area contributed by atoms with Crippen molar-refractivity contribution in [1.29, 1.82) is 0 Å². The van der Waals surface area contributed by atoms with Crippen LogP contribution in [-0.4, -0.2) is 80.1 Å². The van der Waals surface area contributed by atoms with Crippen LogP contribution in [0.3, 0.4) is 0 Å². The van der Waals surface area contributed by atoms with Crippen molar-refractivity contribution in [3.05, 3.63) is 142 Å². The third-order valence-electron chi connectivity index (χ3n) is 12.1. The van der Waals surface area contributed by atoms with Gasteiger partial charge in [-0.2, -0.15) is 0 Å². The molecule has 5 aromatic rings. The van der Waals surface area contributed by atoms with Crippen molar-refractivity contribution < 1.29 is 38.0 Å². The Kier molecular flexibility index (Phi) is 12.1. The minimum Gasteiger partial charge on any atom is -0.497 e. The smallest absolute Gasteiger partial charge is 0.260 e. The molecule has 0 aromatic heterocycles. The lowest BCUT2D eigenvalue weighted by molar-refractivity contribution is 0.0809. The average Bonchev–Trinajstić information content (AvgIpc) is 3.91. The fraction of sp³-hybridized carbons (Fsp3) is 0.283. The zero-order valence-corrected chi connectivity index (χ0v) is 38.2. The van der Waals surface area contributed by atoms with Gasteiger partial charge < -0.3 is 43.5 Å². The summed E-state index contributed by atoms with van der Waals surface area (Å²) in [7, 11) is 6.40. The Hall–Kier alpha value is -7.38. The third kappa shape index (κ3) is 9.12. The average molecular weight is 888 g/mol. The van der Waals surface area contributed by atoms with Gasteiger partial charge in [-0.15, -0.1) is 0 Å². The summed E-state index contributed by atoms with van der Waals surface area (Å²) in [6, 6.07) is 28.4. The SMILES string of the molecule is COc1ccc(C2=CN3C(=O)c4cc(OC)c(OCc5cc(CNC(C)(C)C)cc(COc6cc7c(cc6OC)C(=O)N6C=C(c8ccc(OC)cc8)CC6C=N7)c5)cc4N=CC3C2)cc1. The van der Waals surface area contributed by atoms with Gasteiger partial charge in [-0.25, -0.2) is 0 Å². The number of fused-ring (bicyclic) bond motifs is 4. The highest BCUT2D eigenvalue weighted by atomic mass is 16.5. The van der Waals surface area contributed by atoms with Crippen LogP contribution in [0.5, 0.6) is 34.5 Å². The van der Waals surface area contributed by atoms with E-state index in [9.17, 15) is 9.59 Å². The van der Waals surface area contributed by atoms with Gasteiger partial charge in [0.15, 0.2) is 23.0 Å². The van der Waals surface area contributed by atoms with Crippen LogP contribution in [0.2, 0.25) is 0 Å². The molecule has 2 atom stereocenters. The number of benzene rings is 5. The van der Waals surface area contributed by atoms with Crippen LogP contribution in [-0.2, 0) is 19.8 Å². The third-order valence-corrected chi connectivity index (χ3v) is 12.1. The number of amides is 2. The van der Waals surface area contributed by atoms with E-state index in [1.54, 1.807) is 62.5 Å². The topological polar surface area (TPSA) is 133 Å². The molecule has 66 heavy (non-hydrogen) atoms. The van der Waals surface area contributed by atoms with Crippen molar-refractivity contribution in [3.63, 3.8) is 0 Å². The Morgan fingerprint density at radius 3 is 1.38 bits per heavy atom. The van der Waals surface area contributed by atoms with E-state index in [-0.39, 0.29) is 42.7 Å². The standard InChI is InChI=1S/C53H53N5O8/c1-53(2,3)56-25-32-16-33(30-65-49-23-45-43(21-47(49)63-6)51(59)57-28-37(19-39(57)26-54-45)35-8-12-41(61-4)13-9-35)18-34(17-32)31-66-50-24-46-44(22-48(50)64-7)52(60)58-29-38(20-40(58)27-55-46)36-10-14-42(62-5)15-11-36/h8-18,21-24,26-29,39-40,56H,19-20,25,30-31H2,1-7H3. The largest absolute Gasteiger partial charge is 0.497 e. The first-order valence-corrected chi connectivity index (χ1v) is 21.9. The molecule has 1 N–H and O–H groups in total. The van der Waals surface area contributed by atoms with E-state index in [4.69, 9.17) is 38.4 Å². The van der Waals surface area contributed by atoms with Gasteiger partial charge in [0.25, 0.3) is 11.8 Å². The molecule has 0 aliphatic carbocycles. The molecule has 4 aliphatic rings. The first-order valence-electron chi connectivity index (χ1n) is 21.9. The lowest BCUT2D eigenvalue weighted by Gasteiger charge is -2.21. The van der Waals surface area contributed by atoms with Crippen LogP contribution < -0.4 is 33.7 Å². The zero-order valence-electron chi connectivity index (χ0n) is 38.2. The van der Waals surface area contributed by atoms with Crippen molar-refractivity contribution in [2.24, 2.45) is 9.98 Å². The van der Waals surface area contributed by atoms with E-state index in [1.807, 2.05) is 79.4 Å². The van der Waals surface area contributed by atoms with E-state index >= 15 is 0 Å². The van der Waals surface area contributed by atoms with Gasteiger partial charge in [0.2, 0.25) is 0 Å². The van der Waals surface area contributed by atoms with Crippen molar-refractivity contribution in [2.75, 3.05) is 28.4 Å². The highest BCUT2D eigenvalue weighted by molar-refractivity contribution is 6.06. The molecule has 4 heterocycles. The normalized spacial score (nSPS) is 17.2. The van der Waals surface area contributed by atoms with Crippen molar-refractivity contribution in [2.45, 2.75) is 71.0 Å². The van der Waals surface area contributed by atoms with Crippen LogP contribution in [0.1, 0.15) is 82.1 Å². The molecule has 0 bridgehead atoms. The summed E-state index contributed by atoms with van der Waals surface area (Å²) in [5.41, 5.74) is 8.77. The maximum atomic E-state index is 14.0. The Morgan fingerprint density at radius 2 is 0.985 bits per heavy atom. The van der Waals surface area contributed by atoms with Crippen LogP contribution in [0.4, 0.5) is 11.4 Å². The van der Waals surface area contributed by atoms with Gasteiger partial charge in [0.1, 0.15) is 24.7 Å². The molecule has 13 heteroatoms. The van der Waals surface area contributed by atoms with Gasteiger partial charge in [-0.1, -0.05) is 36.4 Å². The minimum atomic E-state index is -0.224. The number of carbonyl (C=O) groups is 2. The van der Waals surface area contributed by atoms with Gasteiger partial charge in [-0.3, -0.25) is 19.6 Å². The van der Waals surface area contributed by atoms with Gasteiger partial charge >= 0.3 is 0 Å². The predicted molar refractivity (Wildman–Crippen MR) is 255 cm³/mol. The van der Waals surface area contributed by atoms with Crippen LogP contribution >= 0.6 is 0 Å². The lowest BCUT2D eigenvalue weighted by atomic mass is 10.0. The number of nitrogens with one attached hydrogen (secondary N) is 1. The van der Waals surface area contributed by atoms with Gasteiger partial charge in [0, 0.05) is 61.9 Å². The molecule has 13 nitrogen and oxygen atoms in total. The quantitative estimate of drug-likeness (QED) is 0.116. The van der Waals surface area contributed by atoms with Crippen molar-refractivity contribution in [3.8, 4) is 34.5 Å². The predicted octanol–water partition coefficient (Wildman–Crippen LogP) is 9.71. The fourth-order valence-electron chi connectivity index (χ4n) is 8.55. The first-order chi connectivity index (χ1) is 31.9. The summed E-state index contributed by atoms with van der Waals surface area (Å²) in [5.74, 6) is 3.01. The van der Waals surface area contributed by atoms with Crippen LogP contribution in [0, 0.1) is 0 Å². The maximum absolute atomic E-state index is 14.0. The van der Waals surface area contributed by atoms with E-state index in [1.165, 1.54) is 0 Å². The molecular weight excluding hydrogens is 835 g/mol. The summed E-state index contributed by atoms with van der Waals surface area (Å²) < 4.78 is 35.2. The second-order valence-corrected chi connectivity index (χ2v) is 17.7. The number of hydrogen-bond donors (Lipinski definition) is 1.